The van der Waals surface area contributed by atoms with Crippen LogP contribution in [0.2, 0.25) is 0 Å². The van der Waals surface area contributed by atoms with E-state index in [4.69, 9.17) is 5.26 Å². The van der Waals surface area contributed by atoms with Gasteiger partial charge in [0.05, 0.1) is 21.8 Å². The van der Waals surface area contributed by atoms with Crippen molar-refractivity contribution in [3.05, 3.63) is 12.1 Å². The van der Waals surface area contributed by atoms with E-state index < -0.39 is 26.5 Å². The second kappa shape index (κ2) is 4.86. The van der Waals surface area contributed by atoms with Gasteiger partial charge in [0.2, 0.25) is 0 Å². The minimum atomic E-state index is -4.95. The van der Waals surface area contributed by atoms with Crippen molar-refractivity contribution >= 4 is 22.2 Å². The van der Waals surface area contributed by atoms with Crippen molar-refractivity contribution < 1.29 is 37.8 Å². The van der Waals surface area contributed by atoms with E-state index in [-0.39, 0.29) is 16.9 Å². The van der Waals surface area contributed by atoms with E-state index in [1.165, 1.54) is 0 Å². The molecule has 16 heavy (non-hydrogen) atoms. The first kappa shape index (κ1) is 13.0. The Morgan fingerprint density at radius 2 is 2.00 bits per heavy atom. The molecule has 0 saturated heterocycles. The van der Waals surface area contributed by atoms with Crippen LogP contribution in [0.5, 0.6) is 11.5 Å². The predicted octanol–water partition coefficient (Wildman–Crippen LogP) is -0.202. The van der Waals surface area contributed by atoms with Gasteiger partial charge in [0.25, 0.3) is 0 Å². The average Bonchev–Trinajstić information content (AvgIpc) is 2.17. The molecule has 0 spiro atoms. The number of hydrogen-bond donors (Lipinski definition) is 2. The third-order valence-electron chi connectivity index (χ3n) is 1.45. The number of rotatable bonds is 4. The van der Waals surface area contributed by atoms with Gasteiger partial charge in [-0.2, -0.15) is 0 Å². The van der Waals surface area contributed by atoms with Gasteiger partial charge in [-0.05, 0) is 12.1 Å². The lowest BCUT2D eigenvalue weighted by Crippen LogP contribution is -2.04. The minimum absolute atomic E-state index is 0.216. The van der Waals surface area contributed by atoms with Gasteiger partial charge in [-0.25, -0.2) is 13.7 Å². The summed E-state index contributed by atoms with van der Waals surface area (Å²) in [5.41, 5.74) is 0. The molecular weight excluding hydrogens is 264 g/mol. The Kier molecular flexibility index (Phi) is 3.96. The van der Waals surface area contributed by atoms with Crippen molar-refractivity contribution in [2.75, 3.05) is 0 Å². The van der Waals surface area contributed by atoms with Gasteiger partial charge in [-0.1, -0.05) is 10.8 Å². The van der Waals surface area contributed by atoms with Crippen LogP contribution in [0.3, 0.4) is 0 Å². The number of phenolic OH excluding ortho intramolecular Hbond substituents is 1. The van der Waals surface area contributed by atoms with E-state index in [2.05, 4.69) is 9.37 Å². The zero-order valence-corrected chi connectivity index (χ0v) is 8.95. The highest BCUT2D eigenvalue weighted by atomic mass is 32.2. The molecule has 0 fully saturated rings. The molecule has 0 bridgehead atoms. The zero-order chi connectivity index (χ0) is 12.3. The van der Waals surface area contributed by atoms with E-state index in [9.17, 15) is 23.2 Å². The SMILES string of the molecule is O=S(=O)([O-])c1cc(O)c(SOOO)cc1[O-]. The molecule has 0 radical (unpaired) electrons. The standard InChI is InChI=1S/C6H6O8S2/c7-3-2-6(16(10,11)12)4(8)1-5(3)15-14-13-9/h1-2,7-9H,(H,10,11,12)/p-2. The van der Waals surface area contributed by atoms with Gasteiger partial charge in [0.1, 0.15) is 15.9 Å². The Labute approximate surface area is 93.9 Å². The lowest BCUT2D eigenvalue weighted by atomic mass is 10.3. The monoisotopic (exact) mass is 268 g/mol. The highest BCUT2D eigenvalue weighted by Gasteiger charge is 2.10. The van der Waals surface area contributed by atoms with Gasteiger partial charge in [-0.3, -0.25) is 0 Å². The van der Waals surface area contributed by atoms with Crippen LogP contribution in [0.4, 0.5) is 0 Å². The first-order valence-electron chi connectivity index (χ1n) is 3.51. The maximum atomic E-state index is 11.1. The van der Waals surface area contributed by atoms with Crippen LogP contribution in [-0.4, -0.2) is 23.3 Å². The molecule has 2 N–H and O–H groups in total. The summed E-state index contributed by atoms with van der Waals surface area (Å²) < 4.78 is 35.6. The fourth-order valence-electron chi connectivity index (χ4n) is 0.845. The van der Waals surface area contributed by atoms with Crippen molar-refractivity contribution in [2.24, 2.45) is 0 Å². The Bertz CT molecular complexity index is 482. The number of phenols is 1. The van der Waals surface area contributed by atoms with Crippen LogP contribution in [0.15, 0.2) is 21.9 Å². The second-order valence-electron chi connectivity index (χ2n) is 2.45. The van der Waals surface area contributed by atoms with Gasteiger partial charge in [0.15, 0.2) is 0 Å². The molecule has 10 heteroatoms. The molecule has 0 aliphatic heterocycles. The van der Waals surface area contributed by atoms with E-state index >= 15 is 0 Å². The molecule has 0 atom stereocenters. The Hall–Kier alpha value is -1.04. The largest absolute Gasteiger partial charge is 0.872 e. The van der Waals surface area contributed by atoms with Crippen LogP contribution in [0, 0.1) is 0 Å². The summed E-state index contributed by atoms with van der Waals surface area (Å²) in [5, 5.41) is 31.4. The van der Waals surface area contributed by atoms with Crippen molar-refractivity contribution in [1.29, 1.82) is 0 Å². The molecule has 1 aromatic carbocycles. The summed E-state index contributed by atoms with van der Waals surface area (Å²) in [4.78, 5) is -1.29. The molecule has 1 aromatic rings. The quantitative estimate of drug-likeness (QED) is 0.328. The normalized spacial score (nSPS) is 11.6. The first-order valence-corrected chi connectivity index (χ1v) is 5.66. The van der Waals surface area contributed by atoms with E-state index in [1.807, 2.05) is 0 Å². The number of hydrogen-bond acceptors (Lipinski definition) is 9. The van der Waals surface area contributed by atoms with Crippen LogP contribution in [0.1, 0.15) is 0 Å². The van der Waals surface area contributed by atoms with Crippen LogP contribution in [-0.2, 0) is 19.5 Å². The molecule has 0 heterocycles. The molecule has 0 aliphatic rings. The molecule has 0 unspecified atom stereocenters. The maximum Gasteiger partial charge on any atom is 0.132 e. The lowest BCUT2D eigenvalue weighted by molar-refractivity contribution is -0.432. The van der Waals surface area contributed by atoms with Crippen LogP contribution >= 0.6 is 12.0 Å². The fourth-order valence-corrected chi connectivity index (χ4v) is 1.81. The molecule has 0 aliphatic carbocycles. The summed E-state index contributed by atoms with van der Waals surface area (Å²) in [7, 11) is -4.95. The third-order valence-corrected chi connectivity index (χ3v) is 2.94. The first-order chi connectivity index (χ1) is 7.36. The Balaban J connectivity index is 3.17. The fraction of sp³-hybridized carbons (Fsp3) is 0. The van der Waals surface area contributed by atoms with Crippen LogP contribution in [0.25, 0.3) is 0 Å². The number of aromatic hydroxyl groups is 1. The minimum Gasteiger partial charge on any atom is -0.872 e. The van der Waals surface area contributed by atoms with Crippen molar-refractivity contribution in [2.45, 2.75) is 9.79 Å². The van der Waals surface area contributed by atoms with Gasteiger partial charge in [-0.15, -0.1) is 4.33 Å². The summed E-state index contributed by atoms with van der Waals surface area (Å²) in [5.74, 6) is -1.77. The average molecular weight is 268 g/mol. The molecular formula is C6H4O8S2-2. The second-order valence-corrected chi connectivity index (χ2v) is 4.54. The predicted molar refractivity (Wildman–Crippen MR) is 46.2 cm³/mol. The molecule has 90 valence electrons. The van der Waals surface area contributed by atoms with Crippen LogP contribution < -0.4 is 5.11 Å². The summed E-state index contributed by atoms with van der Waals surface area (Å²) in [6.45, 7) is 0. The lowest BCUT2D eigenvalue weighted by Gasteiger charge is -2.17. The van der Waals surface area contributed by atoms with E-state index in [1.54, 1.807) is 0 Å². The summed E-state index contributed by atoms with van der Waals surface area (Å²) in [6.07, 6.45) is 0. The Morgan fingerprint density at radius 1 is 1.38 bits per heavy atom. The molecule has 8 nitrogen and oxygen atoms in total. The van der Waals surface area contributed by atoms with Gasteiger partial charge >= 0.3 is 0 Å². The smallest absolute Gasteiger partial charge is 0.132 e. The zero-order valence-electron chi connectivity index (χ0n) is 7.32. The van der Waals surface area contributed by atoms with Crippen molar-refractivity contribution in [3.63, 3.8) is 0 Å². The van der Waals surface area contributed by atoms with Gasteiger partial charge in [0, 0.05) is 0 Å². The highest BCUT2D eigenvalue weighted by molar-refractivity contribution is 7.94. The Morgan fingerprint density at radius 3 is 2.50 bits per heavy atom. The van der Waals surface area contributed by atoms with Crippen molar-refractivity contribution in [3.8, 4) is 11.5 Å². The molecule has 1 rings (SSSR count). The van der Waals surface area contributed by atoms with Gasteiger partial charge < -0.3 is 14.8 Å². The van der Waals surface area contributed by atoms with E-state index in [0.29, 0.717) is 12.1 Å². The maximum absolute atomic E-state index is 11.1. The van der Waals surface area contributed by atoms with E-state index in [0.717, 1.165) is 0 Å². The topological polar surface area (TPSA) is 139 Å². The summed E-state index contributed by atoms with van der Waals surface area (Å²) in [6, 6.07) is 1.15. The molecule has 0 aromatic heterocycles. The summed E-state index contributed by atoms with van der Waals surface area (Å²) >= 11 is 0.261. The highest BCUT2D eigenvalue weighted by Crippen LogP contribution is 2.35. The molecule has 0 amide bonds. The number of benzene rings is 1. The third kappa shape index (κ3) is 2.98. The van der Waals surface area contributed by atoms with Crippen molar-refractivity contribution in [1.82, 2.24) is 0 Å². The molecule has 0 saturated carbocycles.